The summed E-state index contributed by atoms with van der Waals surface area (Å²) in [6, 6.07) is 5.59. The molecule has 1 amide bonds. The number of hydrogen-bond acceptors (Lipinski definition) is 3. The van der Waals surface area contributed by atoms with Crippen molar-refractivity contribution in [3.8, 4) is 5.88 Å². The van der Waals surface area contributed by atoms with Crippen molar-refractivity contribution in [3.05, 3.63) is 46.3 Å². The van der Waals surface area contributed by atoms with Crippen LogP contribution in [0.15, 0.2) is 35.1 Å². The minimum atomic E-state index is -0.110. The number of nitrogens with zero attached hydrogens (tertiary/aromatic N) is 2. The minimum Gasteiger partial charge on any atom is -0.477 e. The van der Waals surface area contributed by atoms with E-state index < -0.39 is 0 Å². The molecule has 2 aromatic heterocycles. The van der Waals surface area contributed by atoms with Crippen LogP contribution in [0.25, 0.3) is 0 Å². The van der Waals surface area contributed by atoms with Gasteiger partial charge in [0, 0.05) is 35.5 Å². The van der Waals surface area contributed by atoms with E-state index in [-0.39, 0.29) is 5.91 Å². The first-order valence-electron chi connectivity index (χ1n) is 7.86. The van der Waals surface area contributed by atoms with E-state index >= 15 is 0 Å². The maximum atomic E-state index is 12.4. The highest BCUT2D eigenvalue weighted by molar-refractivity contribution is 9.10. The summed E-state index contributed by atoms with van der Waals surface area (Å²) in [5.74, 6) is 0.481. The molecule has 2 rings (SSSR count). The Balaban J connectivity index is 2.01. The van der Waals surface area contributed by atoms with E-state index in [2.05, 4.69) is 33.2 Å². The number of ether oxygens (including phenoxy) is 1. The number of nitrogens with one attached hydrogen (secondary N) is 1. The van der Waals surface area contributed by atoms with Gasteiger partial charge in [-0.15, -0.1) is 0 Å². The zero-order valence-electron chi connectivity index (χ0n) is 13.5. The second-order valence-electron chi connectivity index (χ2n) is 5.18. The van der Waals surface area contributed by atoms with Crippen molar-refractivity contribution in [2.24, 2.45) is 0 Å². The SMILES string of the molecule is CCCCOc1ncccc1CNC(=O)c1cc(Br)cn1CC. The van der Waals surface area contributed by atoms with E-state index in [1.165, 1.54) is 0 Å². The zero-order valence-corrected chi connectivity index (χ0v) is 15.1. The summed E-state index contributed by atoms with van der Waals surface area (Å²) in [6.45, 7) is 5.89. The number of carbonyl (C=O) groups excluding carboxylic acids is 1. The van der Waals surface area contributed by atoms with Gasteiger partial charge in [-0.05, 0) is 41.4 Å². The maximum absolute atomic E-state index is 12.4. The van der Waals surface area contributed by atoms with Gasteiger partial charge in [0.15, 0.2) is 0 Å². The molecule has 0 aliphatic carbocycles. The first kappa shape index (κ1) is 17.5. The third kappa shape index (κ3) is 4.82. The molecular formula is C17H22BrN3O2. The van der Waals surface area contributed by atoms with Gasteiger partial charge in [-0.25, -0.2) is 4.98 Å². The lowest BCUT2D eigenvalue weighted by Crippen LogP contribution is -2.25. The van der Waals surface area contributed by atoms with Crippen molar-refractivity contribution in [1.29, 1.82) is 0 Å². The molecule has 0 radical (unpaired) electrons. The second kappa shape index (κ2) is 8.72. The summed E-state index contributed by atoms with van der Waals surface area (Å²) in [5.41, 5.74) is 1.52. The molecule has 1 N–H and O–H groups in total. The average Bonchev–Trinajstić information content (AvgIpc) is 2.95. The van der Waals surface area contributed by atoms with Gasteiger partial charge >= 0.3 is 0 Å². The number of amides is 1. The molecule has 0 aliphatic heterocycles. The number of aryl methyl sites for hydroxylation is 1. The van der Waals surface area contributed by atoms with Crippen LogP contribution in [0.4, 0.5) is 0 Å². The van der Waals surface area contributed by atoms with Crippen LogP contribution in [0.2, 0.25) is 0 Å². The Bertz CT molecular complexity index is 655. The highest BCUT2D eigenvalue weighted by Gasteiger charge is 2.13. The first-order chi connectivity index (χ1) is 11.2. The maximum Gasteiger partial charge on any atom is 0.268 e. The van der Waals surface area contributed by atoms with Gasteiger partial charge < -0.3 is 14.6 Å². The third-order valence-corrected chi connectivity index (χ3v) is 3.90. The molecule has 0 saturated carbocycles. The van der Waals surface area contributed by atoms with Crippen LogP contribution in [0, 0.1) is 0 Å². The van der Waals surface area contributed by atoms with Crippen molar-refractivity contribution in [3.63, 3.8) is 0 Å². The molecule has 0 fully saturated rings. The predicted molar refractivity (Wildman–Crippen MR) is 93.6 cm³/mol. The Hall–Kier alpha value is -1.82. The Morgan fingerprint density at radius 3 is 3.00 bits per heavy atom. The fourth-order valence-corrected chi connectivity index (χ4v) is 2.66. The van der Waals surface area contributed by atoms with Crippen LogP contribution in [-0.4, -0.2) is 22.1 Å². The Labute approximate surface area is 145 Å². The van der Waals surface area contributed by atoms with Gasteiger partial charge in [0.25, 0.3) is 5.91 Å². The summed E-state index contributed by atoms with van der Waals surface area (Å²) in [5, 5.41) is 2.93. The van der Waals surface area contributed by atoms with Crippen molar-refractivity contribution in [1.82, 2.24) is 14.9 Å². The molecule has 124 valence electrons. The molecule has 23 heavy (non-hydrogen) atoms. The second-order valence-corrected chi connectivity index (χ2v) is 6.10. The van der Waals surface area contributed by atoms with Crippen molar-refractivity contribution in [2.75, 3.05) is 6.61 Å². The smallest absolute Gasteiger partial charge is 0.268 e. The number of unbranched alkanes of at least 4 members (excludes halogenated alkanes) is 1. The summed E-state index contributed by atoms with van der Waals surface area (Å²) in [6.07, 6.45) is 5.66. The van der Waals surface area contributed by atoms with E-state index in [1.54, 1.807) is 6.20 Å². The molecule has 0 unspecified atom stereocenters. The van der Waals surface area contributed by atoms with Crippen molar-refractivity contribution >= 4 is 21.8 Å². The number of halogens is 1. The lowest BCUT2D eigenvalue weighted by atomic mass is 10.2. The lowest BCUT2D eigenvalue weighted by molar-refractivity contribution is 0.0941. The fourth-order valence-electron chi connectivity index (χ4n) is 2.19. The van der Waals surface area contributed by atoms with Gasteiger partial charge in [0.05, 0.1) is 6.61 Å². The number of aromatic nitrogens is 2. The molecule has 0 spiro atoms. The summed E-state index contributed by atoms with van der Waals surface area (Å²) >= 11 is 3.40. The van der Waals surface area contributed by atoms with Crippen LogP contribution in [0.3, 0.4) is 0 Å². The molecule has 0 bridgehead atoms. The van der Waals surface area contributed by atoms with Gasteiger partial charge in [0.2, 0.25) is 5.88 Å². The molecule has 0 atom stereocenters. The molecule has 0 aromatic carbocycles. The fraction of sp³-hybridized carbons (Fsp3) is 0.412. The lowest BCUT2D eigenvalue weighted by Gasteiger charge is -2.11. The van der Waals surface area contributed by atoms with Gasteiger partial charge in [-0.2, -0.15) is 0 Å². The van der Waals surface area contributed by atoms with Crippen LogP contribution in [0.1, 0.15) is 42.7 Å². The highest BCUT2D eigenvalue weighted by Crippen LogP contribution is 2.17. The predicted octanol–water partition coefficient (Wildman–Crippen LogP) is 3.77. The number of rotatable bonds is 8. The molecular weight excluding hydrogens is 358 g/mol. The zero-order chi connectivity index (χ0) is 16.7. The molecule has 0 saturated heterocycles. The number of pyridine rings is 1. The summed E-state index contributed by atoms with van der Waals surface area (Å²) in [7, 11) is 0. The van der Waals surface area contributed by atoms with E-state index in [4.69, 9.17) is 4.74 Å². The van der Waals surface area contributed by atoms with E-state index in [1.807, 2.05) is 35.9 Å². The van der Waals surface area contributed by atoms with Crippen LogP contribution in [0.5, 0.6) is 5.88 Å². The van der Waals surface area contributed by atoms with Gasteiger partial charge in [-0.1, -0.05) is 19.4 Å². The molecule has 2 aromatic rings. The van der Waals surface area contributed by atoms with Crippen molar-refractivity contribution in [2.45, 2.75) is 39.8 Å². The Morgan fingerprint density at radius 2 is 2.26 bits per heavy atom. The van der Waals surface area contributed by atoms with Crippen LogP contribution in [-0.2, 0) is 13.1 Å². The number of carbonyl (C=O) groups is 1. The van der Waals surface area contributed by atoms with Crippen LogP contribution >= 0.6 is 15.9 Å². The van der Waals surface area contributed by atoms with Gasteiger partial charge in [0.1, 0.15) is 5.69 Å². The first-order valence-corrected chi connectivity index (χ1v) is 8.65. The topological polar surface area (TPSA) is 56.1 Å². The Morgan fingerprint density at radius 1 is 1.43 bits per heavy atom. The third-order valence-electron chi connectivity index (χ3n) is 3.46. The molecule has 0 aliphatic rings. The van der Waals surface area contributed by atoms with Gasteiger partial charge in [-0.3, -0.25) is 4.79 Å². The van der Waals surface area contributed by atoms with E-state index in [0.29, 0.717) is 24.7 Å². The highest BCUT2D eigenvalue weighted by atomic mass is 79.9. The normalized spacial score (nSPS) is 10.6. The van der Waals surface area contributed by atoms with Crippen LogP contribution < -0.4 is 10.1 Å². The molecule has 6 heteroatoms. The minimum absolute atomic E-state index is 0.110. The van der Waals surface area contributed by atoms with Crippen molar-refractivity contribution < 1.29 is 9.53 Å². The summed E-state index contributed by atoms with van der Waals surface area (Å²) < 4.78 is 8.49. The monoisotopic (exact) mass is 379 g/mol. The number of hydrogen-bond donors (Lipinski definition) is 1. The largest absolute Gasteiger partial charge is 0.477 e. The van der Waals surface area contributed by atoms with E-state index in [0.717, 1.165) is 29.4 Å². The standard InChI is InChI=1S/C17H22BrN3O2/c1-3-5-9-23-17-13(7-6-8-19-17)11-20-16(22)15-10-14(18)12-21(15)4-2/h6-8,10,12H,3-5,9,11H2,1-2H3,(H,20,22). The Kier molecular flexibility index (Phi) is 6.65. The average molecular weight is 380 g/mol. The quantitative estimate of drug-likeness (QED) is 0.710. The van der Waals surface area contributed by atoms with E-state index in [9.17, 15) is 4.79 Å². The molecule has 2 heterocycles. The summed E-state index contributed by atoms with van der Waals surface area (Å²) in [4.78, 5) is 16.6. The molecule has 5 nitrogen and oxygen atoms in total.